The van der Waals surface area contributed by atoms with Crippen molar-refractivity contribution in [2.24, 2.45) is 28.6 Å². The highest BCUT2D eigenvalue weighted by atomic mass is 16.5. The van der Waals surface area contributed by atoms with Crippen LogP contribution in [-0.4, -0.2) is 12.1 Å². The Morgan fingerprint density at radius 3 is 2.50 bits per heavy atom. The van der Waals surface area contributed by atoms with Crippen LogP contribution >= 0.6 is 0 Å². The molecule has 2 nitrogen and oxygen atoms in total. The third-order valence-electron chi connectivity index (χ3n) is 7.09. The van der Waals surface area contributed by atoms with E-state index in [-0.39, 0.29) is 5.60 Å². The van der Waals surface area contributed by atoms with Crippen molar-refractivity contribution in [3.63, 3.8) is 0 Å². The fraction of sp³-hybridized carbons (Fsp3) is 0.938. The minimum Gasteiger partial charge on any atom is -0.461 e. The summed E-state index contributed by atoms with van der Waals surface area (Å²) in [7, 11) is 0. The van der Waals surface area contributed by atoms with Crippen molar-refractivity contribution in [1.29, 1.82) is 0 Å². The van der Waals surface area contributed by atoms with Crippen molar-refractivity contribution in [3.05, 3.63) is 0 Å². The summed E-state index contributed by atoms with van der Waals surface area (Å²) in [5, 5.41) is 0. The van der Waals surface area contributed by atoms with E-state index >= 15 is 0 Å². The van der Waals surface area contributed by atoms with E-state index in [1.165, 1.54) is 25.7 Å². The van der Waals surface area contributed by atoms with Gasteiger partial charge in [-0.3, -0.25) is 4.79 Å². The number of hydrogen-bond acceptors (Lipinski definition) is 2. The highest BCUT2D eigenvalue weighted by Crippen LogP contribution is 2.73. The first kappa shape index (κ1) is 12.5. The third kappa shape index (κ3) is 1.27. The Morgan fingerprint density at radius 1 is 1.11 bits per heavy atom. The van der Waals surface area contributed by atoms with Gasteiger partial charge in [0, 0.05) is 5.92 Å². The van der Waals surface area contributed by atoms with Gasteiger partial charge < -0.3 is 4.74 Å². The van der Waals surface area contributed by atoms with E-state index in [1.807, 2.05) is 0 Å². The van der Waals surface area contributed by atoms with Gasteiger partial charge in [0.05, 0.1) is 0 Å². The molecule has 0 aromatic carbocycles. The SMILES string of the molecule is C[C@@H]1CC[C@H]2C(C)(C)[C@H]3C[C@@]12CC[C@]3(C)OC=O. The molecule has 0 aromatic rings. The maximum absolute atomic E-state index is 10.9. The highest BCUT2D eigenvalue weighted by molar-refractivity contribution is 5.39. The quantitative estimate of drug-likeness (QED) is 0.697. The minimum absolute atomic E-state index is 0.222. The van der Waals surface area contributed by atoms with Crippen LogP contribution in [0.4, 0.5) is 0 Å². The van der Waals surface area contributed by atoms with Gasteiger partial charge in [-0.1, -0.05) is 20.8 Å². The predicted molar refractivity (Wildman–Crippen MR) is 71.0 cm³/mol. The first-order chi connectivity index (χ1) is 8.37. The lowest BCUT2D eigenvalue weighted by molar-refractivity contribution is -0.157. The first-order valence-corrected chi connectivity index (χ1v) is 7.48. The normalized spacial score (nSPS) is 53.0. The molecular weight excluding hydrogens is 224 g/mol. The van der Waals surface area contributed by atoms with E-state index in [1.54, 1.807) is 0 Å². The van der Waals surface area contributed by atoms with Gasteiger partial charge in [-0.2, -0.15) is 0 Å². The van der Waals surface area contributed by atoms with Gasteiger partial charge in [0.2, 0.25) is 0 Å². The number of carbonyl (C=O) groups excluding carboxylic acids is 1. The average molecular weight is 250 g/mol. The number of ether oxygens (including phenoxy) is 1. The van der Waals surface area contributed by atoms with Crippen molar-refractivity contribution < 1.29 is 9.53 Å². The second-order valence-electron chi connectivity index (χ2n) is 7.87. The van der Waals surface area contributed by atoms with Crippen molar-refractivity contribution in [1.82, 2.24) is 0 Å². The lowest BCUT2D eigenvalue weighted by atomic mass is 9.64. The molecular formula is C16H26O2. The third-order valence-corrected chi connectivity index (χ3v) is 7.09. The molecule has 0 amide bonds. The molecule has 3 rings (SSSR count). The van der Waals surface area contributed by atoms with Crippen LogP contribution in [0.1, 0.15) is 59.8 Å². The Morgan fingerprint density at radius 2 is 1.83 bits per heavy atom. The van der Waals surface area contributed by atoms with Crippen molar-refractivity contribution >= 4 is 6.47 Å². The van der Waals surface area contributed by atoms with Gasteiger partial charge in [0.15, 0.2) is 0 Å². The zero-order valence-electron chi connectivity index (χ0n) is 12.2. The molecule has 3 fully saturated rings. The molecule has 1 spiro atoms. The molecule has 3 saturated carbocycles. The summed E-state index contributed by atoms with van der Waals surface area (Å²) >= 11 is 0. The van der Waals surface area contributed by atoms with E-state index in [9.17, 15) is 4.79 Å². The number of fused-ring (bicyclic) bond motifs is 1. The van der Waals surface area contributed by atoms with Gasteiger partial charge in [-0.25, -0.2) is 0 Å². The van der Waals surface area contributed by atoms with Crippen molar-refractivity contribution in [2.75, 3.05) is 0 Å². The summed E-state index contributed by atoms with van der Waals surface area (Å²) in [6.45, 7) is 10.1. The van der Waals surface area contributed by atoms with Gasteiger partial charge in [0.25, 0.3) is 6.47 Å². The number of carbonyl (C=O) groups is 1. The second kappa shape index (κ2) is 3.52. The zero-order valence-corrected chi connectivity index (χ0v) is 12.2. The molecule has 5 atom stereocenters. The Labute approximate surface area is 110 Å². The summed E-state index contributed by atoms with van der Waals surface area (Å²) in [5.74, 6) is 2.23. The van der Waals surface area contributed by atoms with Crippen LogP contribution in [0.15, 0.2) is 0 Å². The van der Waals surface area contributed by atoms with E-state index in [0.717, 1.165) is 18.3 Å². The Bertz CT molecular complexity index is 375. The lowest BCUT2D eigenvalue weighted by Gasteiger charge is -2.45. The molecule has 0 radical (unpaired) electrons. The van der Waals surface area contributed by atoms with Crippen LogP contribution in [-0.2, 0) is 9.53 Å². The molecule has 2 heteroatoms. The van der Waals surface area contributed by atoms with Gasteiger partial charge >= 0.3 is 0 Å². The largest absolute Gasteiger partial charge is 0.461 e. The van der Waals surface area contributed by atoms with E-state index in [2.05, 4.69) is 27.7 Å². The monoisotopic (exact) mass is 250 g/mol. The van der Waals surface area contributed by atoms with Crippen molar-refractivity contribution in [2.45, 2.75) is 65.4 Å². The molecule has 18 heavy (non-hydrogen) atoms. The maximum Gasteiger partial charge on any atom is 0.293 e. The van der Waals surface area contributed by atoms with Crippen LogP contribution in [0.5, 0.6) is 0 Å². The van der Waals surface area contributed by atoms with Gasteiger partial charge in [0.1, 0.15) is 5.60 Å². The second-order valence-corrected chi connectivity index (χ2v) is 7.87. The topological polar surface area (TPSA) is 26.3 Å². The van der Waals surface area contributed by atoms with Gasteiger partial charge in [-0.05, 0) is 61.7 Å². The molecule has 0 aliphatic heterocycles. The first-order valence-electron chi connectivity index (χ1n) is 7.48. The van der Waals surface area contributed by atoms with Crippen LogP contribution in [0.25, 0.3) is 0 Å². The van der Waals surface area contributed by atoms with Crippen LogP contribution < -0.4 is 0 Å². The lowest BCUT2D eigenvalue weighted by Crippen LogP contribution is -2.46. The number of hydrogen-bond donors (Lipinski definition) is 0. The summed E-state index contributed by atoms with van der Waals surface area (Å²) in [6.07, 6.45) is 6.36. The fourth-order valence-electron chi connectivity index (χ4n) is 6.11. The summed E-state index contributed by atoms with van der Waals surface area (Å²) < 4.78 is 5.55. The molecule has 0 saturated heterocycles. The highest BCUT2D eigenvalue weighted by Gasteiger charge is 2.68. The Balaban J connectivity index is 2.01. The number of rotatable bonds is 2. The maximum atomic E-state index is 10.9. The molecule has 2 bridgehead atoms. The van der Waals surface area contributed by atoms with E-state index in [4.69, 9.17) is 4.74 Å². The van der Waals surface area contributed by atoms with Crippen LogP contribution in [0.2, 0.25) is 0 Å². The van der Waals surface area contributed by atoms with E-state index < -0.39 is 0 Å². The fourth-order valence-corrected chi connectivity index (χ4v) is 6.11. The predicted octanol–water partition coefficient (Wildman–Crippen LogP) is 3.79. The Hall–Kier alpha value is -0.530. The Kier molecular flexibility index (Phi) is 2.44. The summed E-state index contributed by atoms with van der Waals surface area (Å²) in [5.41, 5.74) is 0.652. The molecule has 0 unspecified atom stereocenters. The minimum atomic E-state index is -0.222. The summed E-state index contributed by atoms with van der Waals surface area (Å²) in [6, 6.07) is 0. The zero-order chi connectivity index (χ0) is 13.2. The standard InChI is InChI=1S/C16H26O2/c1-11-5-6-12-14(2,3)13-9-16(11,12)8-7-15(13,4)18-10-17/h10-13H,5-9H2,1-4H3/t11-,12+,13-,15+,16+/m1/s1. The molecule has 3 aliphatic rings. The van der Waals surface area contributed by atoms with Crippen LogP contribution in [0, 0.1) is 28.6 Å². The molecule has 3 aliphatic carbocycles. The smallest absolute Gasteiger partial charge is 0.293 e. The molecule has 0 aromatic heterocycles. The van der Waals surface area contributed by atoms with Crippen LogP contribution in [0.3, 0.4) is 0 Å². The molecule has 0 N–H and O–H groups in total. The molecule has 0 heterocycles. The summed E-state index contributed by atoms with van der Waals surface area (Å²) in [4.78, 5) is 10.9. The molecule has 102 valence electrons. The van der Waals surface area contributed by atoms with Crippen molar-refractivity contribution in [3.8, 4) is 0 Å². The van der Waals surface area contributed by atoms with E-state index in [0.29, 0.717) is 23.2 Å². The van der Waals surface area contributed by atoms with Gasteiger partial charge in [-0.15, -0.1) is 0 Å². The average Bonchev–Trinajstić information content (AvgIpc) is 2.71.